The molecule has 0 saturated carbocycles. The van der Waals surface area contributed by atoms with E-state index in [0.717, 1.165) is 45.2 Å². The van der Waals surface area contributed by atoms with E-state index < -0.39 is 0 Å². The zero-order valence-electron chi connectivity index (χ0n) is 15.0. The number of rotatable bonds is 7. The minimum Gasteiger partial charge on any atom is -0.494 e. The molecule has 7 heteroatoms. The number of tetrazole rings is 1. The van der Waals surface area contributed by atoms with Gasteiger partial charge in [0.1, 0.15) is 5.75 Å². The third-order valence-corrected chi connectivity index (χ3v) is 4.68. The fourth-order valence-corrected chi connectivity index (χ4v) is 3.15. The molecule has 0 saturated heterocycles. The van der Waals surface area contributed by atoms with Gasteiger partial charge in [-0.15, -0.1) is 10.2 Å². The number of nitrogens with one attached hydrogen (secondary N) is 1. The third kappa shape index (κ3) is 4.80. The third-order valence-electron chi connectivity index (χ3n) is 4.18. The van der Waals surface area contributed by atoms with Gasteiger partial charge in [-0.25, -0.2) is 4.98 Å². The Morgan fingerprint density at radius 1 is 1.04 bits per heavy atom. The van der Waals surface area contributed by atoms with Gasteiger partial charge in [0.15, 0.2) is 5.82 Å². The molecule has 0 spiro atoms. The smallest absolute Gasteiger partial charge is 0.174 e. The van der Waals surface area contributed by atoms with Crippen molar-refractivity contribution >= 4 is 39.0 Å². The Morgan fingerprint density at radius 3 is 2.86 bits per heavy atom. The van der Waals surface area contributed by atoms with Gasteiger partial charge in [0.2, 0.25) is 0 Å². The SMILES string of the molecule is Brc1ccc2ccc(C=Cc3cccc(OCCCc4nn[nH]n4)c3)nc2c1. The maximum Gasteiger partial charge on any atom is 0.174 e. The number of pyridine rings is 1. The van der Waals surface area contributed by atoms with Crippen molar-refractivity contribution in [3.05, 3.63) is 76.2 Å². The minimum absolute atomic E-state index is 0.600. The maximum atomic E-state index is 5.83. The van der Waals surface area contributed by atoms with Crippen LogP contribution >= 0.6 is 15.9 Å². The summed E-state index contributed by atoms with van der Waals surface area (Å²) in [6.45, 7) is 0.600. The standard InChI is InChI=1S/C21H18BrN5O/c22-17-9-7-16-8-11-18(23-20(16)14-17)10-6-15-3-1-4-19(13-15)28-12-2-5-21-24-26-27-25-21/h1,3-4,6-11,13-14H,2,5,12H2,(H,24,25,26,27). The van der Waals surface area contributed by atoms with E-state index in [1.54, 1.807) is 0 Å². The summed E-state index contributed by atoms with van der Waals surface area (Å²) in [4.78, 5) is 4.69. The first kappa shape index (κ1) is 18.3. The van der Waals surface area contributed by atoms with Crippen LogP contribution in [0.15, 0.2) is 59.1 Å². The number of hydrogen-bond donors (Lipinski definition) is 1. The summed E-state index contributed by atoms with van der Waals surface area (Å²) in [5, 5.41) is 15.0. The van der Waals surface area contributed by atoms with Gasteiger partial charge < -0.3 is 4.74 Å². The van der Waals surface area contributed by atoms with E-state index in [1.807, 2.05) is 54.6 Å². The van der Waals surface area contributed by atoms with E-state index in [2.05, 4.69) is 48.7 Å². The lowest BCUT2D eigenvalue weighted by Gasteiger charge is -2.06. The van der Waals surface area contributed by atoms with Crippen LogP contribution in [-0.2, 0) is 6.42 Å². The highest BCUT2D eigenvalue weighted by molar-refractivity contribution is 9.10. The Bertz CT molecular complexity index is 1100. The Hall–Kier alpha value is -3.06. The summed E-state index contributed by atoms with van der Waals surface area (Å²) in [6.07, 6.45) is 5.62. The number of aromatic amines is 1. The number of hydrogen-bond acceptors (Lipinski definition) is 5. The van der Waals surface area contributed by atoms with Crippen molar-refractivity contribution in [1.82, 2.24) is 25.6 Å². The number of halogens is 1. The molecule has 0 atom stereocenters. The second kappa shape index (κ2) is 8.75. The number of H-pyrrole nitrogens is 1. The summed E-state index contributed by atoms with van der Waals surface area (Å²) in [5.41, 5.74) is 2.94. The normalized spacial score (nSPS) is 11.3. The van der Waals surface area contributed by atoms with Crippen LogP contribution in [-0.4, -0.2) is 32.2 Å². The molecule has 0 amide bonds. The predicted molar refractivity (Wildman–Crippen MR) is 113 cm³/mol. The number of nitrogens with zero attached hydrogens (tertiary/aromatic N) is 4. The van der Waals surface area contributed by atoms with E-state index in [9.17, 15) is 0 Å². The highest BCUT2D eigenvalue weighted by Crippen LogP contribution is 2.20. The van der Waals surface area contributed by atoms with Crippen LogP contribution in [0.2, 0.25) is 0 Å². The van der Waals surface area contributed by atoms with Crippen LogP contribution in [0.4, 0.5) is 0 Å². The van der Waals surface area contributed by atoms with E-state index in [-0.39, 0.29) is 0 Å². The van der Waals surface area contributed by atoms with Gasteiger partial charge in [0.05, 0.1) is 17.8 Å². The lowest BCUT2D eigenvalue weighted by atomic mass is 10.1. The second-order valence-corrected chi connectivity index (χ2v) is 7.17. The van der Waals surface area contributed by atoms with Gasteiger partial charge >= 0.3 is 0 Å². The fraction of sp³-hybridized carbons (Fsp3) is 0.143. The molecular formula is C21H18BrN5O. The van der Waals surface area contributed by atoms with E-state index in [0.29, 0.717) is 12.4 Å². The lowest BCUT2D eigenvalue weighted by Crippen LogP contribution is -2.00. The molecule has 0 radical (unpaired) electrons. The minimum atomic E-state index is 0.600. The molecule has 2 aromatic carbocycles. The van der Waals surface area contributed by atoms with Crippen molar-refractivity contribution in [2.75, 3.05) is 6.61 Å². The van der Waals surface area contributed by atoms with E-state index >= 15 is 0 Å². The van der Waals surface area contributed by atoms with Crippen molar-refractivity contribution in [2.45, 2.75) is 12.8 Å². The maximum absolute atomic E-state index is 5.83. The van der Waals surface area contributed by atoms with Crippen molar-refractivity contribution in [3.63, 3.8) is 0 Å². The number of ether oxygens (including phenoxy) is 1. The van der Waals surface area contributed by atoms with Gasteiger partial charge in [-0.3, -0.25) is 0 Å². The first-order chi connectivity index (χ1) is 13.8. The van der Waals surface area contributed by atoms with Crippen molar-refractivity contribution in [1.29, 1.82) is 0 Å². The molecule has 0 unspecified atom stereocenters. The number of benzene rings is 2. The van der Waals surface area contributed by atoms with Crippen LogP contribution in [0.3, 0.4) is 0 Å². The summed E-state index contributed by atoms with van der Waals surface area (Å²) in [5.74, 6) is 1.54. The molecule has 0 aliphatic carbocycles. The van der Waals surface area contributed by atoms with Crippen molar-refractivity contribution in [3.8, 4) is 5.75 Å². The first-order valence-corrected chi connectivity index (χ1v) is 9.75. The second-order valence-electron chi connectivity index (χ2n) is 6.26. The molecule has 2 aromatic heterocycles. The largest absolute Gasteiger partial charge is 0.494 e. The summed E-state index contributed by atoms with van der Waals surface area (Å²) < 4.78 is 6.85. The zero-order chi connectivity index (χ0) is 19.2. The Kier molecular flexibility index (Phi) is 5.72. The van der Waals surface area contributed by atoms with Crippen LogP contribution in [0.25, 0.3) is 23.1 Å². The molecule has 4 rings (SSSR count). The monoisotopic (exact) mass is 435 g/mol. The first-order valence-electron chi connectivity index (χ1n) is 8.96. The highest BCUT2D eigenvalue weighted by Gasteiger charge is 2.00. The summed E-state index contributed by atoms with van der Waals surface area (Å²) >= 11 is 3.49. The molecule has 0 aliphatic heterocycles. The molecule has 6 nitrogen and oxygen atoms in total. The summed E-state index contributed by atoms with van der Waals surface area (Å²) in [7, 11) is 0. The Morgan fingerprint density at radius 2 is 1.96 bits per heavy atom. The molecule has 0 aliphatic rings. The van der Waals surface area contributed by atoms with Crippen molar-refractivity contribution < 1.29 is 4.74 Å². The van der Waals surface area contributed by atoms with E-state index in [1.165, 1.54) is 0 Å². The van der Waals surface area contributed by atoms with Gasteiger partial charge in [-0.1, -0.05) is 51.5 Å². The number of fused-ring (bicyclic) bond motifs is 1. The molecule has 0 bridgehead atoms. The molecular weight excluding hydrogens is 418 g/mol. The highest BCUT2D eigenvalue weighted by atomic mass is 79.9. The van der Waals surface area contributed by atoms with Crippen LogP contribution in [0.5, 0.6) is 5.75 Å². The van der Waals surface area contributed by atoms with Crippen molar-refractivity contribution in [2.24, 2.45) is 0 Å². The van der Waals surface area contributed by atoms with Gasteiger partial charge in [0, 0.05) is 16.3 Å². The Labute approximate surface area is 170 Å². The van der Waals surface area contributed by atoms with Gasteiger partial charge in [-0.05, 0) is 48.4 Å². The number of aryl methyl sites for hydroxylation is 1. The zero-order valence-corrected chi connectivity index (χ0v) is 16.6. The van der Waals surface area contributed by atoms with Crippen LogP contribution in [0.1, 0.15) is 23.5 Å². The molecule has 28 heavy (non-hydrogen) atoms. The molecule has 0 fully saturated rings. The average molecular weight is 436 g/mol. The quantitative estimate of drug-likeness (QED) is 0.426. The molecule has 140 valence electrons. The molecule has 2 heterocycles. The Balaban J connectivity index is 1.38. The van der Waals surface area contributed by atoms with Crippen LogP contribution in [0, 0.1) is 0 Å². The topological polar surface area (TPSA) is 76.6 Å². The lowest BCUT2D eigenvalue weighted by molar-refractivity contribution is 0.310. The van der Waals surface area contributed by atoms with E-state index in [4.69, 9.17) is 9.72 Å². The average Bonchev–Trinajstić information content (AvgIpc) is 3.23. The molecule has 1 N–H and O–H groups in total. The molecule has 4 aromatic rings. The van der Waals surface area contributed by atoms with Gasteiger partial charge in [-0.2, -0.15) is 5.21 Å². The predicted octanol–water partition coefficient (Wildman–Crippen LogP) is 4.69. The summed E-state index contributed by atoms with van der Waals surface area (Å²) in [6, 6.07) is 18.2. The van der Waals surface area contributed by atoms with Gasteiger partial charge in [0.25, 0.3) is 0 Å². The van der Waals surface area contributed by atoms with Crippen LogP contribution < -0.4 is 4.74 Å². The number of aromatic nitrogens is 5. The fourth-order valence-electron chi connectivity index (χ4n) is 2.80.